The minimum Gasteiger partial charge on any atom is -0.382 e. The molecule has 1 aliphatic heterocycles. The van der Waals surface area contributed by atoms with E-state index in [9.17, 15) is 4.79 Å². The molecule has 1 amide bonds. The van der Waals surface area contributed by atoms with Crippen LogP contribution in [0.1, 0.15) is 54.0 Å². The Kier molecular flexibility index (Phi) is 5.75. The average Bonchev–Trinajstić information content (AvgIpc) is 3.48. The number of nitrogens with zero attached hydrogens (tertiary/aromatic N) is 4. The summed E-state index contributed by atoms with van der Waals surface area (Å²) in [5.74, 6) is 1.73. The first-order valence-corrected chi connectivity index (χ1v) is 11.4. The molecule has 168 valence electrons. The molecule has 3 aromatic heterocycles. The molecule has 5 rings (SSSR count). The van der Waals surface area contributed by atoms with E-state index in [1.165, 1.54) is 0 Å². The van der Waals surface area contributed by atoms with Crippen molar-refractivity contribution in [2.45, 2.75) is 38.6 Å². The van der Waals surface area contributed by atoms with Crippen molar-refractivity contribution in [3.63, 3.8) is 0 Å². The van der Waals surface area contributed by atoms with Crippen molar-refractivity contribution >= 4 is 23.1 Å². The van der Waals surface area contributed by atoms with Crippen molar-refractivity contribution in [1.82, 2.24) is 24.7 Å². The summed E-state index contributed by atoms with van der Waals surface area (Å²) < 4.78 is 2.02. The predicted octanol–water partition coefficient (Wildman–Crippen LogP) is 4.00. The lowest BCUT2D eigenvalue weighted by atomic mass is 10.1. The van der Waals surface area contributed by atoms with Crippen LogP contribution in [0.15, 0.2) is 55.0 Å². The summed E-state index contributed by atoms with van der Waals surface area (Å²) in [7, 11) is 0. The van der Waals surface area contributed by atoms with Gasteiger partial charge in [0.25, 0.3) is 5.91 Å². The molecule has 0 aliphatic carbocycles. The number of hydrogen-bond donors (Lipinski definition) is 3. The molecule has 0 radical (unpaired) electrons. The lowest BCUT2D eigenvalue weighted by Gasteiger charge is -2.08. The number of rotatable bonds is 6. The van der Waals surface area contributed by atoms with Crippen molar-refractivity contribution in [3.8, 4) is 11.3 Å². The van der Waals surface area contributed by atoms with E-state index in [0.717, 1.165) is 60.4 Å². The maximum atomic E-state index is 12.8. The lowest BCUT2D eigenvalue weighted by molar-refractivity contribution is 0.102. The number of anilines is 2. The number of carbonyl (C=O) groups is 1. The van der Waals surface area contributed by atoms with Crippen molar-refractivity contribution in [2.24, 2.45) is 0 Å². The molecule has 8 heteroatoms. The third kappa shape index (κ3) is 4.17. The SMILES string of the molecule is CCCc1ccnc(NC(=O)c2ccc(-c3nc([C@@H]4CCCN4)n4ccnc(N)c34)cc2)c1. The maximum absolute atomic E-state index is 12.8. The molecule has 4 heterocycles. The van der Waals surface area contributed by atoms with Gasteiger partial charge in [0, 0.05) is 29.7 Å². The van der Waals surface area contributed by atoms with Gasteiger partial charge in [-0.2, -0.15) is 0 Å². The van der Waals surface area contributed by atoms with E-state index in [1.807, 2.05) is 34.9 Å². The molecule has 1 aromatic carbocycles. The first-order chi connectivity index (χ1) is 16.1. The normalized spacial score (nSPS) is 15.7. The second-order valence-corrected chi connectivity index (χ2v) is 8.33. The highest BCUT2D eigenvalue weighted by Gasteiger charge is 2.24. The minimum absolute atomic E-state index is 0.189. The standard InChI is InChI=1S/C25H27N7O/c1-2-4-16-10-12-28-20(15-16)30-25(33)18-8-6-17(7-9-18)21-22-23(26)29-13-14-32(22)24(31-21)19-5-3-11-27-19/h6-10,12-15,19,27H,2-5,11H2,1H3,(H2,26,29)(H,28,30,33)/t19-/m0/s1. The number of nitrogens with two attached hydrogens (primary N) is 1. The molecule has 8 nitrogen and oxygen atoms in total. The van der Waals surface area contributed by atoms with Gasteiger partial charge < -0.3 is 16.4 Å². The molecule has 4 N–H and O–H groups in total. The van der Waals surface area contributed by atoms with Gasteiger partial charge >= 0.3 is 0 Å². The van der Waals surface area contributed by atoms with Gasteiger partial charge in [0.05, 0.1) is 6.04 Å². The summed E-state index contributed by atoms with van der Waals surface area (Å²) in [6.45, 7) is 3.11. The van der Waals surface area contributed by atoms with E-state index in [4.69, 9.17) is 10.7 Å². The quantitative estimate of drug-likeness (QED) is 0.417. The average molecular weight is 442 g/mol. The van der Waals surface area contributed by atoms with Crippen LogP contribution >= 0.6 is 0 Å². The van der Waals surface area contributed by atoms with Gasteiger partial charge in [-0.05, 0) is 55.6 Å². The Balaban J connectivity index is 1.43. The Bertz CT molecular complexity index is 1290. The topological polar surface area (TPSA) is 110 Å². The van der Waals surface area contributed by atoms with Crippen LogP contribution in [0.4, 0.5) is 11.6 Å². The van der Waals surface area contributed by atoms with E-state index in [1.54, 1.807) is 24.5 Å². The number of benzene rings is 1. The largest absolute Gasteiger partial charge is 0.382 e. The summed E-state index contributed by atoms with van der Waals surface area (Å²) >= 11 is 0. The minimum atomic E-state index is -0.200. The van der Waals surface area contributed by atoms with Gasteiger partial charge in [-0.3, -0.25) is 9.20 Å². The number of carbonyl (C=O) groups excluding carboxylic acids is 1. The van der Waals surface area contributed by atoms with Crippen LogP contribution in [-0.4, -0.2) is 31.8 Å². The van der Waals surface area contributed by atoms with Gasteiger partial charge in [0.1, 0.15) is 28.7 Å². The van der Waals surface area contributed by atoms with Gasteiger partial charge in [0.2, 0.25) is 0 Å². The molecule has 0 spiro atoms. The number of nitrogens with one attached hydrogen (secondary N) is 2. The molecular weight excluding hydrogens is 414 g/mol. The molecule has 0 saturated carbocycles. The third-order valence-electron chi connectivity index (χ3n) is 6.01. The van der Waals surface area contributed by atoms with Crippen LogP contribution in [0.3, 0.4) is 0 Å². The number of imidazole rings is 1. The van der Waals surface area contributed by atoms with Gasteiger partial charge in [-0.15, -0.1) is 0 Å². The van der Waals surface area contributed by atoms with E-state index in [-0.39, 0.29) is 11.9 Å². The van der Waals surface area contributed by atoms with Crippen LogP contribution in [0.25, 0.3) is 16.8 Å². The first-order valence-electron chi connectivity index (χ1n) is 11.4. The van der Waals surface area contributed by atoms with E-state index < -0.39 is 0 Å². The highest BCUT2D eigenvalue weighted by atomic mass is 16.1. The lowest BCUT2D eigenvalue weighted by Crippen LogP contribution is -2.16. The molecule has 0 bridgehead atoms. The van der Waals surface area contributed by atoms with Crippen LogP contribution in [0.5, 0.6) is 0 Å². The zero-order chi connectivity index (χ0) is 22.8. The summed E-state index contributed by atoms with van der Waals surface area (Å²) in [5.41, 5.74) is 10.4. The summed E-state index contributed by atoms with van der Waals surface area (Å²) in [6.07, 6.45) is 9.48. The van der Waals surface area contributed by atoms with Gasteiger partial charge in [0.15, 0.2) is 0 Å². The zero-order valence-corrected chi connectivity index (χ0v) is 18.6. The molecule has 1 saturated heterocycles. The highest BCUT2D eigenvalue weighted by Crippen LogP contribution is 2.32. The Labute approximate surface area is 192 Å². The molecule has 1 atom stereocenters. The number of amides is 1. The highest BCUT2D eigenvalue weighted by molar-refractivity contribution is 6.04. The fraction of sp³-hybridized carbons (Fsp3) is 0.280. The van der Waals surface area contributed by atoms with Gasteiger partial charge in [-0.1, -0.05) is 25.5 Å². The van der Waals surface area contributed by atoms with Crippen LogP contribution < -0.4 is 16.4 Å². The molecule has 4 aromatic rings. The monoisotopic (exact) mass is 441 g/mol. The molecular formula is C25H27N7O. The third-order valence-corrected chi connectivity index (χ3v) is 6.01. The van der Waals surface area contributed by atoms with Crippen molar-refractivity contribution in [3.05, 3.63) is 71.9 Å². The number of aryl methyl sites for hydroxylation is 1. The fourth-order valence-electron chi connectivity index (χ4n) is 4.39. The number of hydrogen-bond acceptors (Lipinski definition) is 6. The smallest absolute Gasteiger partial charge is 0.256 e. The summed E-state index contributed by atoms with van der Waals surface area (Å²) in [6, 6.07) is 11.5. The first kappa shape index (κ1) is 21.1. The molecule has 1 aliphatic rings. The van der Waals surface area contributed by atoms with E-state index in [2.05, 4.69) is 27.5 Å². The second kappa shape index (κ2) is 8.99. The number of pyridine rings is 1. The summed E-state index contributed by atoms with van der Waals surface area (Å²) in [5, 5.41) is 6.39. The van der Waals surface area contributed by atoms with Crippen molar-refractivity contribution < 1.29 is 4.79 Å². The van der Waals surface area contributed by atoms with Crippen molar-refractivity contribution in [2.75, 3.05) is 17.6 Å². The van der Waals surface area contributed by atoms with Crippen LogP contribution in [0, 0.1) is 0 Å². The maximum Gasteiger partial charge on any atom is 0.256 e. The van der Waals surface area contributed by atoms with E-state index in [0.29, 0.717) is 17.2 Å². The molecule has 1 fully saturated rings. The second-order valence-electron chi connectivity index (χ2n) is 8.33. The van der Waals surface area contributed by atoms with Crippen LogP contribution in [0.2, 0.25) is 0 Å². The molecule has 0 unspecified atom stereocenters. The number of aromatic nitrogens is 4. The predicted molar refractivity (Wildman–Crippen MR) is 129 cm³/mol. The Hall–Kier alpha value is -3.78. The summed E-state index contributed by atoms with van der Waals surface area (Å²) in [4.78, 5) is 26.2. The van der Waals surface area contributed by atoms with Crippen LogP contribution in [-0.2, 0) is 6.42 Å². The van der Waals surface area contributed by atoms with Gasteiger partial charge in [-0.25, -0.2) is 15.0 Å². The Morgan fingerprint density at radius 3 is 2.82 bits per heavy atom. The molecule has 33 heavy (non-hydrogen) atoms. The number of nitrogen functional groups attached to an aromatic ring is 1. The Morgan fingerprint density at radius 2 is 2.06 bits per heavy atom. The van der Waals surface area contributed by atoms with E-state index >= 15 is 0 Å². The Morgan fingerprint density at radius 1 is 1.21 bits per heavy atom. The zero-order valence-electron chi connectivity index (χ0n) is 18.6. The fourth-order valence-corrected chi connectivity index (χ4v) is 4.39. The van der Waals surface area contributed by atoms with Crippen molar-refractivity contribution in [1.29, 1.82) is 0 Å². The number of fused-ring (bicyclic) bond motifs is 1.